The first-order chi connectivity index (χ1) is 4.09. The van der Waals surface area contributed by atoms with E-state index in [1.165, 1.54) is 0 Å². The Labute approximate surface area is 61.3 Å². The molecule has 9 heavy (non-hydrogen) atoms. The predicted octanol–water partition coefficient (Wildman–Crippen LogP) is 1.08. The Hall–Kier alpha value is -0.570. The summed E-state index contributed by atoms with van der Waals surface area (Å²) in [5.41, 5.74) is 5.33. The summed E-state index contributed by atoms with van der Waals surface area (Å²) >= 11 is 4.72. The molecule has 0 heterocycles. The quantitative estimate of drug-likeness (QED) is 0.588. The Morgan fingerprint density at radius 2 is 2.22 bits per heavy atom. The minimum Gasteiger partial charge on any atom is -0.376 e. The van der Waals surface area contributed by atoms with Gasteiger partial charge in [0.15, 0.2) is 5.11 Å². The minimum atomic E-state index is 0.306. The van der Waals surface area contributed by atoms with Crippen LogP contribution in [0, 0.1) is 0 Å². The summed E-state index contributed by atoms with van der Waals surface area (Å²) in [5, 5.41) is 0.375. The molecular formula is C6H12N2S. The van der Waals surface area contributed by atoms with E-state index in [0.29, 0.717) is 11.2 Å². The first kappa shape index (κ1) is 8.43. The van der Waals surface area contributed by atoms with Crippen molar-refractivity contribution in [1.82, 2.24) is 4.90 Å². The zero-order chi connectivity index (χ0) is 7.44. The number of hydrogen-bond acceptors (Lipinski definition) is 1. The smallest absolute Gasteiger partial charge is 0.170 e. The largest absolute Gasteiger partial charge is 0.376 e. The van der Waals surface area contributed by atoms with Gasteiger partial charge >= 0.3 is 0 Å². The first-order valence-electron chi connectivity index (χ1n) is 2.80. The van der Waals surface area contributed by atoms with E-state index in [1.807, 2.05) is 13.8 Å². The molecule has 3 heteroatoms. The zero-order valence-electron chi connectivity index (χ0n) is 5.79. The number of thiocarbonyl (C=S) groups is 1. The predicted molar refractivity (Wildman–Crippen MR) is 44.0 cm³/mol. The van der Waals surface area contributed by atoms with Gasteiger partial charge in [-0.1, -0.05) is 6.58 Å². The molecular weight excluding hydrogens is 132 g/mol. The first-order valence-corrected chi connectivity index (χ1v) is 3.20. The molecule has 0 saturated heterocycles. The molecule has 0 aliphatic heterocycles. The Balaban J connectivity index is 3.98. The molecule has 0 fully saturated rings. The van der Waals surface area contributed by atoms with E-state index in [-0.39, 0.29) is 0 Å². The van der Waals surface area contributed by atoms with Gasteiger partial charge in [0, 0.05) is 6.04 Å². The zero-order valence-corrected chi connectivity index (χ0v) is 6.61. The molecule has 0 aromatic rings. The van der Waals surface area contributed by atoms with E-state index in [4.69, 9.17) is 18.0 Å². The fraction of sp³-hybridized carbons (Fsp3) is 0.500. The third kappa shape index (κ3) is 2.46. The van der Waals surface area contributed by atoms with Crippen molar-refractivity contribution in [1.29, 1.82) is 0 Å². The second kappa shape index (κ2) is 3.45. The van der Waals surface area contributed by atoms with E-state index in [2.05, 4.69) is 6.58 Å². The molecule has 52 valence electrons. The summed E-state index contributed by atoms with van der Waals surface area (Å²) in [6.45, 7) is 7.56. The van der Waals surface area contributed by atoms with Gasteiger partial charge in [-0.25, -0.2) is 0 Å². The maximum Gasteiger partial charge on any atom is 0.170 e. The Bertz CT molecular complexity index is 120. The molecule has 0 saturated carbocycles. The van der Waals surface area contributed by atoms with Crippen molar-refractivity contribution in [3.8, 4) is 0 Å². The van der Waals surface area contributed by atoms with Crippen molar-refractivity contribution in [3.05, 3.63) is 12.8 Å². The van der Waals surface area contributed by atoms with Crippen LogP contribution >= 0.6 is 12.2 Å². The number of nitrogens with zero attached hydrogens (tertiary/aromatic N) is 1. The fourth-order valence-electron chi connectivity index (χ4n) is 0.555. The van der Waals surface area contributed by atoms with Crippen molar-refractivity contribution in [3.63, 3.8) is 0 Å². The maximum atomic E-state index is 5.33. The van der Waals surface area contributed by atoms with Crippen molar-refractivity contribution in [2.45, 2.75) is 19.9 Å². The number of hydrogen-bond donors (Lipinski definition) is 1. The van der Waals surface area contributed by atoms with Crippen molar-refractivity contribution >= 4 is 17.3 Å². The number of nitrogens with two attached hydrogens (primary N) is 1. The van der Waals surface area contributed by atoms with Gasteiger partial charge in [-0.05, 0) is 32.3 Å². The lowest BCUT2D eigenvalue weighted by Crippen LogP contribution is -2.35. The van der Waals surface area contributed by atoms with Gasteiger partial charge in [0.2, 0.25) is 0 Å². The molecule has 0 spiro atoms. The summed E-state index contributed by atoms with van der Waals surface area (Å²) in [6.07, 6.45) is 1.63. The summed E-state index contributed by atoms with van der Waals surface area (Å²) < 4.78 is 0. The topological polar surface area (TPSA) is 29.3 Å². The van der Waals surface area contributed by atoms with Crippen LogP contribution in [0.2, 0.25) is 0 Å². The molecule has 0 unspecified atom stereocenters. The average molecular weight is 144 g/mol. The molecule has 2 nitrogen and oxygen atoms in total. The second-order valence-electron chi connectivity index (χ2n) is 2.02. The van der Waals surface area contributed by atoms with Crippen molar-refractivity contribution in [2.75, 3.05) is 0 Å². The van der Waals surface area contributed by atoms with Crippen LogP contribution in [-0.4, -0.2) is 16.1 Å². The molecule has 0 aliphatic rings. The van der Waals surface area contributed by atoms with Crippen LogP contribution < -0.4 is 5.73 Å². The molecule has 0 aromatic carbocycles. The Kier molecular flexibility index (Phi) is 3.24. The van der Waals surface area contributed by atoms with Gasteiger partial charge < -0.3 is 10.6 Å². The highest BCUT2D eigenvalue weighted by molar-refractivity contribution is 7.80. The van der Waals surface area contributed by atoms with E-state index in [9.17, 15) is 0 Å². The molecule has 0 rings (SSSR count). The molecule has 0 radical (unpaired) electrons. The maximum absolute atomic E-state index is 5.33. The van der Waals surface area contributed by atoms with Crippen LogP contribution in [0.5, 0.6) is 0 Å². The summed E-state index contributed by atoms with van der Waals surface area (Å²) in [6, 6.07) is 0.306. The Morgan fingerprint density at radius 3 is 2.22 bits per heavy atom. The second-order valence-corrected chi connectivity index (χ2v) is 2.44. The van der Waals surface area contributed by atoms with E-state index >= 15 is 0 Å². The summed E-state index contributed by atoms with van der Waals surface area (Å²) in [7, 11) is 0. The third-order valence-electron chi connectivity index (χ3n) is 1.01. The lowest BCUT2D eigenvalue weighted by molar-refractivity contribution is 0.463. The van der Waals surface area contributed by atoms with Crippen LogP contribution in [0.4, 0.5) is 0 Å². The molecule has 0 amide bonds. The standard InChI is InChI=1S/C6H12N2S/c1-4-8(5(2)3)6(7)9/h4-5H,1H2,2-3H3,(H2,7,9). The van der Waals surface area contributed by atoms with Gasteiger partial charge in [0.25, 0.3) is 0 Å². The van der Waals surface area contributed by atoms with Crippen LogP contribution in [0.1, 0.15) is 13.8 Å². The van der Waals surface area contributed by atoms with Crippen LogP contribution in [0.25, 0.3) is 0 Å². The third-order valence-corrected chi connectivity index (χ3v) is 1.22. The SMILES string of the molecule is C=CN(C(N)=S)C(C)C. The van der Waals surface area contributed by atoms with Crippen molar-refractivity contribution in [2.24, 2.45) is 5.73 Å². The molecule has 0 bridgehead atoms. The fourth-order valence-corrected chi connectivity index (χ4v) is 0.841. The highest BCUT2D eigenvalue weighted by Gasteiger charge is 2.03. The van der Waals surface area contributed by atoms with Gasteiger partial charge in [-0.3, -0.25) is 0 Å². The van der Waals surface area contributed by atoms with Crippen molar-refractivity contribution < 1.29 is 0 Å². The van der Waals surface area contributed by atoms with E-state index in [1.54, 1.807) is 11.1 Å². The molecule has 0 aromatic heterocycles. The Morgan fingerprint density at radius 1 is 1.78 bits per heavy atom. The monoisotopic (exact) mass is 144 g/mol. The highest BCUT2D eigenvalue weighted by atomic mass is 32.1. The summed E-state index contributed by atoms with van der Waals surface area (Å²) in [4.78, 5) is 1.73. The highest BCUT2D eigenvalue weighted by Crippen LogP contribution is 1.96. The summed E-state index contributed by atoms with van der Waals surface area (Å²) in [5.74, 6) is 0. The number of rotatable bonds is 2. The lowest BCUT2D eigenvalue weighted by atomic mass is 10.4. The van der Waals surface area contributed by atoms with Crippen LogP contribution in [-0.2, 0) is 0 Å². The minimum absolute atomic E-state index is 0.306. The average Bonchev–Trinajstić information content (AvgIpc) is 1.64. The molecule has 0 aliphatic carbocycles. The van der Waals surface area contributed by atoms with Gasteiger partial charge in [0.1, 0.15) is 0 Å². The van der Waals surface area contributed by atoms with E-state index < -0.39 is 0 Å². The van der Waals surface area contributed by atoms with Gasteiger partial charge in [0.05, 0.1) is 0 Å². The van der Waals surface area contributed by atoms with E-state index in [0.717, 1.165) is 0 Å². The lowest BCUT2D eigenvalue weighted by Gasteiger charge is -2.21. The van der Waals surface area contributed by atoms with Crippen LogP contribution in [0.3, 0.4) is 0 Å². The normalized spacial score (nSPS) is 9.22. The molecule has 2 N–H and O–H groups in total. The van der Waals surface area contributed by atoms with Gasteiger partial charge in [-0.2, -0.15) is 0 Å². The van der Waals surface area contributed by atoms with Gasteiger partial charge in [-0.15, -0.1) is 0 Å². The molecule has 0 atom stereocenters. The van der Waals surface area contributed by atoms with Crippen LogP contribution in [0.15, 0.2) is 12.8 Å².